The lowest BCUT2D eigenvalue weighted by Gasteiger charge is -2.29. The largest absolute Gasteiger partial charge is 0.381 e. The summed E-state index contributed by atoms with van der Waals surface area (Å²) in [5.41, 5.74) is -0.906. The minimum Gasteiger partial charge on any atom is -0.381 e. The Morgan fingerprint density at radius 3 is 2.72 bits per heavy atom. The van der Waals surface area contributed by atoms with E-state index < -0.39 is 5.41 Å². The Morgan fingerprint density at radius 1 is 1.50 bits per heavy atom. The van der Waals surface area contributed by atoms with E-state index in [1.54, 1.807) is 0 Å². The highest BCUT2D eigenvalue weighted by molar-refractivity contribution is 5.85. The topological polar surface area (TPSA) is 71.3 Å². The Hall–Kier alpha value is -1.12. The molecular weight excluding hydrogens is 232 g/mol. The fraction of sp³-hybridized carbons (Fsp3) is 0.846. The smallest absolute Gasteiger partial charge is 0.240 e. The molecule has 0 aliphatic carbocycles. The minimum atomic E-state index is -0.906. The molecule has 1 heterocycles. The molecular formula is C13H22N2O3. The third-order valence-corrected chi connectivity index (χ3v) is 2.98. The van der Waals surface area contributed by atoms with Crippen molar-refractivity contribution in [2.45, 2.75) is 26.7 Å². The lowest BCUT2D eigenvalue weighted by atomic mass is 9.81. The van der Waals surface area contributed by atoms with Crippen LogP contribution in [0.15, 0.2) is 0 Å². The van der Waals surface area contributed by atoms with Crippen molar-refractivity contribution >= 4 is 5.91 Å². The zero-order valence-corrected chi connectivity index (χ0v) is 11.2. The van der Waals surface area contributed by atoms with Crippen LogP contribution < -0.4 is 5.32 Å². The first-order chi connectivity index (χ1) is 8.60. The van der Waals surface area contributed by atoms with Gasteiger partial charge in [-0.1, -0.05) is 13.8 Å². The molecule has 102 valence electrons. The monoisotopic (exact) mass is 254 g/mol. The standard InChI is InChI=1S/C13H22N2O3/c1-11(2)9-18-8-5-15-12(16)13(10-14)3-6-17-7-4-13/h11H,3-9H2,1-2H3,(H,15,16). The van der Waals surface area contributed by atoms with Crippen molar-refractivity contribution < 1.29 is 14.3 Å². The maximum atomic E-state index is 12.0. The molecule has 0 saturated carbocycles. The van der Waals surface area contributed by atoms with E-state index in [1.807, 2.05) is 0 Å². The molecule has 1 rings (SSSR count). The van der Waals surface area contributed by atoms with Crippen molar-refractivity contribution in [2.24, 2.45) is 11.3 Å². The summed E-state index contributed by atoms with van der Waals surface area (Å²) in [6.45, 7) is 6.73. The first kappa shape index (κ1) is 14.9. The molecule has 0 aromatic heterocycles. The van der Waals surface area contributed by atoms with Crippen molar-refractivity contribution in [3.05, 3.63) is 0 Å². The molecule has 1 aliphatic heterocycles. The van der Waals surface area contributed by atoms with Gasteiger partial charge < -0.3 is 14.8 Å². The number of ether oxygens (including phenoxy) is 2. The van der Waals surface area contributed by atoms with Crippen molar-refractivity contribution in [1.29, 1.82) is 5.26 Å². The summed E-state index contributed by atoms with van der Waals surface area (Å²) in [6, 6.07) is 2.14. The number of carbonyl (C=O) groups is 1. The Morgan fingerprint density at radius 2 is 2.17 bits per heavy atom. The summed E-state index contributed by atoms with van der Waals surface area (Å²) in [4.78, 5) is 12.0. The number of nitrogens with one attached hydrogen (secondary N) is 1. The summed E-state index contributed by atoms with van der Waals surface area (Å²) >= 11 is 0. The number of carbonyl (C=O) groups excluding carboxylic acids is 1. The Bertz CT molecular complexity index is 304. The van der Waals surface area contributed by atoms with Crippen LogP contribution in [0.5, 0.6) is 0 Å². The number of rotatable bonds is 6. The quantitative estimate of drug-likeness (QED) is 0.720. The highest BCUT2D eigenvalue weighted by Crippen LogP contribution is 2.29. The lowest BCUT2D eigenvalue weighted by Crippen LogP contribution is -2.44. The molecule has 5 nitrogen and oxygen atoms in total. The van der Waals surface area contributed by atoms with Crippen LogP contribution in [0.2, 0.25) is 0 Å². The van der Waals surface area contributed by atoms with E-state index in [0.717, 1.165) is 0 Å². The number of amides is 1. The lowest BCUT2D eigenvalue weighted by molar-refractivity contribution is -0.132. The molecule has 5 heteroatoms. The van der Waals surface area contributed by atoms with Crippen LogP contribution in [0, 0.1) is 22.7 Å². The average molecular weight is 254 g/mol. The van der Waals surface area contributed by atoms with Crippen LogP contribution in [0.4, 0.5) is 0 Å². The van der Waals surface area contributed by atoms with Gasteiger partial charge in [0.2, 0.25) is 5.91 Å². The highest BCUT2D eigenvalue weighted by Gasteiger charge is 2.40. The van der Waals surface area contributed by atoms with Gasteiger partial charge in [-0.15, -0.1) is 0 Å². The Kier molecular flexibility index (Phi) is 6.10. The molecule has 0 atom stereocenters. The van der Waals surface area contributed by atoms with Gasteiger partial charge in [0.05, 0.1) is 12.7 Å². The average Bonchev–Trinajstić information content (AvgIpc) is 2.38. The van der Waals surface area contributed by atoms with Crippen LogP contribution in [0.3, 0.4) is 0 Å². The van der Waals surface area contributed by atoms with Gasteiger partial charge in [-0.3, -0.25) is 4.79 Å². The fourth-order valence-corrected chi connectivity index (χ4v) is 1.83. The summed E-state index contributed by atoms with van der Waals surface area (Å²) in [7, 11) is 0. The van der Waals surface area contributed by atoms with Crippen LogP contribution >= 0.6 is 0 Å². The summed E-state index contributed by atoms with van der Waals surface area (Å²) in [5.74, 6) is 0.295. The van der Waals surface area contributed by atoms with E-state index in [2.05, 4.69) is 25.2 Å². The first-order valence-electron chi connectivity index (χ1n) is 6.46. The van der Waals surface area contributed by atoms with E-state index in [4.69, 9.17) is 9.47 Å². The van der Waals surface area contributed by atoms with Crippen molar-refractivity contribution in [3.8, 4) is 6.07 Å². The van der Waals surface area contributed by atoms with Gasteiger partial charge in [0.25, 0.3) is 0 Å². The zero-order valence-electron chi connectivity index (χ0n) is 11.2. The maximum Gasteiger partial charge on any atom is 0.240 e. The van der Waals surface area contributed by atoms with E-state index in [1.165, 1.54) is 0 Å². The molecule has 0 aromatic rings. The summed E-state index contributed by atoms with van der Waals surface area (Å²) in [5, 5.41) is 12.0. The van der Waals surface area contributed by atoms with Gasteiger partial charge in [0, 0.05) is 26.4 Å². The third-order valence-electron chi connectivity index (χ3n) is 2.98. The van der Waals surface area contributed by atoms with Gasteiger partial charge >= 0.3 is 0 Å². The van der Waals surface area contributed by atoms with Crippen LogP contribution in [-0.4, -0.2) is 38.9 Å². The van der Waals surface area contributed by atoms with E-state index in [0.29, 0.717) is 51.7 Å². The summed E-state index contributed by atoms with van der Waals surface area (Å²) in [6.07, 6.45) is 0.949. The SMILES string of the molecule is CC(C)COCCNC(=O)C1(C#N)CCOCC1. The first-order valence-corrected chi connectivity index (χ1v) is 6.46. The van der Waals surface area contributed by atoms with Crippen LogP contribution in [-0.2, 0) is 14.3 Å². The molecule has 18 heavy (non-hydrogen) atoms. The molecule has 1 saturated heterocycles. The Labute approximate surface area is 108 Å². The molecule has 1 aliphatic rings. The molecule has 0 unspecified atom stereocenters. The molecule has 1 N–H and O–H groups in total. The molecule has 1 fully saturated rings. The van der Waals surface area contributed by atoms with Gasteiger partial charge in [0.1, 0.15) is 5.41 Å². The van der Waals surface area contributed by atoms with E-state index >= 15 is 0 Å². The van der Waals surface area contributed by atoms with Crippen LogP contribution in [0.1, 0.15) is 26.7 Å². The highest BCUT2D eigenvalue weighted by atomic mass is 16.5. The maximum absolute atomic E-state index is 12.0. The summed E-state index contributed by atoms with van der Waals surface area (Å²) < 4.78 is 10.6. The molecule has 0 bridgehead atoms. The molecule has 0 radical (unpaired) electrons. The minimum absolute atomic E-state index is 0.193. The van der Waals surface area contributed by atoms with Gasteiger partial charge in [0.15, 0.2) is 0 Å². The number of hydrogen-bond acceptors (Lipinski definition) is 4. The normalized spacial score (nSPS) is 18.3. The predicted molar refractivity (Wildman–Crippen MR) is 66.8 cm³/mol. The van der Waals surface area contributed by atoms with Crippen LogP contribution in [0.25, 0.3) is 0 Å². The van der Waals surface area contributed by atoms with E-state index in [9.17, 15) is 10.1 Å². The molecule has 0 aromatic carbocycles. The zero-order chi connectivity index (χ0) is 13.4. The van der Waals surface area contributed by atoms with Gasteiger partial charge in [-0.05, 0) is 18.8 Å². The van der Waals surface area contributed by atoms with Crippen molar-refractivity contribution in [2.75, 3.05) is 33.0 Å². The molecule has 0 spiro atoms. The molecule has 1 amide bonds. The van der Waals surface area contributed by atoms with E-state index in [-0.39, 0.29) is 5.91 Å². The predicted octanol–water partition coefficient (Wildman–Crippen LogP) is 1.10. The van der Waals surface area contributed by atoms with Gasteiger partial charge in [-0.2, -0.15) is 5.26 Å². The van der Waals surface area contributed by atoms with Crippen molar-refractivity contribution in [1.82, 2.24) is 5.32 Å². The number of nitriles is 1. The third kappa shape index (κ3) is 4.28. The second-order valence-electron chi connectivity index (χ2n) is 5.03. The van der Waals surface area contributed by atoms with Crippen molar-refractivity contribution in [3.63, 3.8) is 0 Å². The second kappa shape index (κ2) is 7.34. The fourth-order valence-electron chi connectivity index (χ4n) is 1.83. The number of nitrogens with zero attached hydrogens (tertiary/aromatic N) is 1. The Balaban J connectivity index is 2.28. The second-order valence-corrected chi connectivity index (χ2v) is 5.03. The number of hydrogen-bond donors (Lipinski definition) is 1. The van der Waals surface area contributed by atoms with Gasteiger partial charge in [-0.25, -0.2) is 0 Å².